The summed E-state index contributed by atoms with van der Waals surface area (Å²) in [5.74, 6) is -0.292. The molecule has 0 aliphatic carbocycles. The second kappa shape index (κ2) is 6.18. The zero-order chi connectivity index (χ0) is 12.1. The van der Waals surface area contributed by atoms with E-state index in [-0.39, 0.29) is 11.5 Å². The highest BCUT2D eigenvalue weighted by Gasteiger charge is 2.16. The fourth-order valence-electron chi connectivity index (χ4n) is 1.63. The fraction of sp³-hybridized carbons (Fsp3) is 0.500. The first kappa shape index (κ1) is 13.4. The molecule has 2 atom stereocenters. The Kier molecular flexibility index (Phi) is 5.19. The molecule has 1 rings (SSSR count). The van der Waals surface area contributed by atoms with Crippen molar-refractivity contribution in [2.75, 3.05) is 13.7 Å². The van der Waals surface area contributed by atoms with Crippen LogP contribution in [0.1, 0.15) is 25.0 Å². The number of hydrogen-bond donors (Lipinski definition) is 1. The molecule has 0 bridgehead atoms. The molecule has 4 heteroatoms. The minimum absolute atomic E-state index is 0.176. The molecule has 2 nitrogen and oxygen atoms in total. The van der Waals surface area contributed by atoms with Crippen LogP contribution in [0, 0.1) is 11.7 Å². The minimum Gasteiger partial charge on any atom is -0.388 e. The lowest BCUT2D eigenvalue weighted by molar-refractivity contribution is 0.0997. The van der Waals surface area contributed by atoms with Crippen molar-refractivity contribution in [1.29, 1.82) is 0 Å². The van der Waals surface area contributed by atoms with Gasteiger partial charge in [0, 0.05) is 24.3 Å². The fourth-order valence-corrected chi connectivity index (χ4v) is 1.79. The first-order valence-electron chi connectivity index (χ1n) is 5.16. The minimum atomic E-state index is -0.817. The molecule has 1 aromatic rings. The molecular formula is C12H16ClFO2. The number of ether oxygens (including phenoxy) is 1. The molecule has 0 aliphatic heterocycles. The SMILES string of the molecule is COCC(C)CC(O)c1ccc(Cl)cc1F. The van der Waals surface area contributed by atoms with Gasteiger partial charge in [-0.15, -0.1) is 0 Å². The number of methoxy groups -OCH3 is 1. The molecular weight excluding hydrogens is 231 g/mol. The molecule has 0 saturated heterocycles. The van der Waals surface area contributed by atoms with Crippen LogP contribution < -0.4 is 0 Å². The molecule has 0 radical (unpaired) electrons. The average Bonchev–Trinajstić information content (AvgIpc) is 2.17. The summed E-state index contributed by atoms with van der Waals surface area (Å²) >= 11 is 5.64. The summed E-state index contributed by atoms with van der Waals surface area (Å²) in [6.45, 7) is 2.49. The van der Waals surface area contributed by atoms with E-state index < -0.39 is 11.9 Å². The summed E-state index contributed by atoms with van der Waals surface area (Å²) in [5.41, 5.74) is 0.285. The standard InChI is InChI=1S/C12H16ClFO2/c1-8(7-16-2)5-12(15)10-4-3-9(13)6-11(10)14/h3-4,6,8,12,15H,5,7H2,1-2H3. The van der Waals surface area contributed by atoms with Crippen LogP contribution in [0.25, 0.3) is 0 Å². The Balaban J connectivity index is 2.69. The van der Waals surface area contributed by atoms with Gasteiger partial charge >= 0.3 is 0 Å². The van der Waals surface area contributed by atoms with Crippen LogP contribution in [-0.4, -0.2) is 18.8 Å². The highest BCUT2D eigenvalue weighted by molar-refractivity contribution is 6.30. The van der Waals surface area contributed by atoms with Crippen LogP contribution in [-0.2, 0) is 4.74 Å². The van der Waals surface area contributed by atoms with Crippen molar-refractivity contribution >= 4 is 11.6 Å². The second-order valence-electron chi connectivity index (χ2n) is 3.98. The van der Waals surface area contributed by atoms with Crippen LogP contribution in [0.4, 0.5) is 4.39 Å². The lowest BCUT2D eigenvalue weighted by atomic mass is 9.98. The van der Waals surface area contributed by atoms with Crippen LogP contribution in [0.15, 0.2) is 18.2 Å². The topological polar surface area (TPSA) is 29.5 Å². The number of rotatable bonds is 5. The summed E-state index contributed by atoms with van der Waals surface area (Å²) in [6, 6.07) is 4.30. The molecule has 0 heterocycles. The summed E-state index contributed by atoms with van der Waals surface area (Å²) in [7, 11) is 1.60. The average molecular weight is 247 g/mol. The predicted molar refractivity (Wildman–Crippen MR) is 62.0 cm³/mol. The van der Waals surface area contributed by atoms with Crippen LogP contribution >= 0.6 is 11.6 Å². The smallest absolute Gasteiger partial charge is 0.130 e. The van der Waals surface area contributed by atoms with Gasteiger partial charge in [-0.3, -0.25) is 0 Å². The van der Waals surface area contributed by atoms with Gasteiger partial charge in [0.1, 0.15) is 5.82 Å². The maximum absolute atomic E-state index is 13.5. The van der Waals surface area contributed by atoms with Crippen LogP contribution in [0.3, 0.4) is 0 Å². The lowest BCUT2D eigenvalue weighted by Crippen LogP contribution is -2.10. The van der Waals surface area contributed by atoms with Gasteiger partial charge in [0.2, 0.25) is 0 Å². The Morgan fingerprint density at radius 1 is 1.50 bits per heavy atom. The molecule has 0 spiro atoms. The van der Waals surface area contributed by atoms with Crippen LogP contribution in [0.2, 0.25) is 5.02 Å². The van der Waals surface area contributed by atoms with Crippen molar-refractivity contribution in [2.24, 2.45) is 5.92 Å². The molecule has 0 saturated carbocycles. The Morgan fingerprint density at radius 2 is 2.19 bits per heavy atom. The maximum Gasteiger partial charge on any atom is 0.130 e. The largest absolute Gasteiger partial charge is 0.388 e. The van der Waals surface area contributed by atoms with E-state index in [1.807, 2.05) is 6.92 Å². The zero-order valence-corrected chi connectivity index (χ0v) is 10.2. The normalized spacial score (nSPS) is 14.8. The Labute approximate surface area is 100.0 Å². The van der Waals surface area contributed by atoms with Crippen molar-refractivity contribution in [1.82, 2.24) is 0 Å². The highest BCUT2D eigenvalue weighted by atomic mass is 35.5. The van der Waals surface area contributed by atoms with Gasteiger partial charge in [0.25, 0.3) is 0 Å². The first-order valence-corrected chi connectivity index (χ1v) is 5.54. The summed E-state index contributed by atoms with van der Waals surface area (Å²) in [5, 5.41) is 10.2. The molecule has 1 aromatic carbocycles. The van der Waals surface area contributed by atoms with E-state index in [4.69, 9.17) is 16.3 Å². The van der Waals surface area contributed by atoms with Gasteiger partial charge in [0.05, 0.1) is 6.10 Å². The van der Waals surface area contributed by atoms with Gasteiger partial charge < -0.3 is 9.84 Å². The van der Waals surface area contributed by atoms with E-state index in [1.165, 1.54) is 12.1 Å². The van der Waals surface area contributed by atoms with Crippen molar-refractivity contribution in [3.63, 3.8) is 0 Å². The Bertz CT molecular complexity index is 344. The Hall–Kier alpha value is -0.640. The third-order valence-corrected chi connectivity index (χ3v) is 2.63. The molecule has 1 N–H and O–H groups in total. The van der Waals surface area contributed by atoms with Gasteiger partial charge in [-0.1, -0.05) is 24.6 Å². The molecule has 90 valence electrons. The molecule has 16 heavy (non-hydrogen) atoms. The van der Waals surface area contributed by atoms with E-state index in [1.54, 1.807) is 13.2 Å². The number of halogens is 2. The highest BCUT2D eigenvalue weighted by Crippen LogP contribution is 2.25. The molecule has 0 aliphatic rings. The second-order valence-corrected chi connectivity index (χ2v) is 4.41. The number of aliphatic hydroxyl groups is 1. The van der Waals surface area contributed by atoms with Crippen molar-refractivity contribution in [3.8, 4) is 0 Å². The van der Waals surface area contributed by atoms with Crippen molar-refractivity contribution in [2.45, 2.75) is 19.4 Å². The summed E-state index contributed by atoms with van der Waals surface area (Å²) in [4.78, 5) is 0. The summed E-state index contributed by atoms with van der Waals surface area (Å²) in [6.07, 6.45) is -0.353. The van der Waals surface area contributed by atoms with Gasteiger partial charge in [-0.25, -0.2) is 4.39 Å². The third kappa shape index (κ3) is 3.74. The molecule has 0 aromatic heterocycles. The quantitative estimate of drug-likeness (QED) is 0.865. The predicted octanol–water partition coefficient (Wildman–Crippen LogP) is 3.19. The van der Waals surface area contributed by atoms with E-state index in [2.05, 4.69) is 0 Å². The third-order valence-electron chi connectivity index (χ3n) is 2.40. The van der Waals surface area contributed by atoms with Crippen LogP contribution in [0.5, 0.6) is 0 Å². The lowest BCUT2D eigenvalue weighted by Gasteiger charge is -2.16. The van der Waals surface area contributed by atoms with E-state index in [0.717, 1.165) is 0 Å². The van der Waals surface area contributed by atoms with Gasteiger partial charge in [-0.05, 0) is 24.5 Å². The van der Waals surface area contributed by atoms with E-state index in [0.29, 0.717) is 18.1 Å². The van der Waals surface area contributed by atoms with E-state index >= 15 is 0 Å². The molecule has 0 fully saturated rings. The zero-order valence-electron chi connectivity index (χ0n) is 9.41. The molecule has 0 amide bonds. The Morgan fingerprint density at radius 3 is 2.75 bits per heavy atom. The van der Waals surface area contributed by atoms with Crippen molar-refractivity contribution in [3.05, 3.63) is 34.6 Å². The maximum atomic E-state index is 13.5. The van der Waals surface area contributed by atoms with Gasteiger partial charge in [-0.2, -0.15) is 0 Å². The first-order chi connectivity index (χ1) is 7.54. The monoisotopic (exact) mass is 246 g/mol. The number of hydrogen-bond acceptors (Lipinski definition) is 2. The number of benzene rings is 1. The van der Waals surface area contributed by atoms with Crippen molar-refractivity contribution < 1.29 is 14.2 Å². The summed E-state index contributed by atoms with van der Waals surface area (Å²) < 4.78 is 18.4. The van der Waals surface area contributed by atoms with E-state index in [9.17, 15) is 9.50 Å². The number of aliphatic hydroxyl groups excluding tert-OH is 1. The molecule has 2 unspecified atom stereocenters. The van der Waals surface area contributed by atoms with Gasteiger partial charge in [0.15, 0.2) is 0 Å².